The van der Waals surface area contributed by atoms with E-state index in [1.807, 2.05) is 12.3 Å². The number of anilines is 1. The minimum Gasteiger partial charge on any atom is -0.464 e. The Morgan fingerprint density at radius 1 is 1.67 bits per heavy atom. The van der Waals surface area contributed by atoms with Crippen LogP contribution in [0.4, 0.5) is 5.82 Å². The van der Waals surface area contributed by atoms with E-state index in [1.165, 1.54) is 12.7 Å². The normalized spacial score (nSPS) is 12.3. The molecule has 2 heterocycles. The summed E-state index contributed by atoms with van der Waals surface area (Å²) < 4.78 is 6.42. The van der Waals surface area contributed by atoms with Crippen molar-refractivity contribution in [2.45, 2.75) is 19.4 Å². The number of carbonyl (C=O) groups is 1. The van der Waals surface area contributed by atoms with Crippen molar-refractivity contribution in [3.63, 3.8) is 0 Å². The molecule has 1 atom stereocenters. The first-order chi connectivity index (χ1) is 8.63. The van der Waals surface area contributed by atoms with E-state index in [-0.39, 0.29) is 11.7 Å². The monoisotopic (exact) mass is 265 g/mol. The van der Waals surface area contributed by atoms with Crippen LogP contribution in [0.1, 0.15) is 29.0 Å². The zero-order valence-corrected chi connectivity index (χ0v) is 11.1. The Bertz CT molecular complexity index is 534. The average molecular weight is 265 g/mol. The van der Waals surface area contributed by atoms with Crippen LogP contribution in [0.2, 0.25) is 0 Å². The summed E-state index contributed by atoms with van der Waals surface area (Å²) in [5.41, 5.74) is 7.34. The quantitative estimate of drug-likeness (QED) is 0.860. The number of methoxy groups -OCH3 is 1. The Kier molecular flexibility index (Phi) is 3.66. The molecule has 0 aliphatic carbocycles. The molecule has 0 bridgehead atoms. The van der Waals surface area contributed by atoms with Gasteiger partial charge in [-0.3, -0.25) is 0 Å². The van der Waals surface area contributed by atoms with Crippen LogP contribution in [0.15, 0.2) is 23.2 Å². The highest BCUT2D eigenvalue weighted by Gasteiger charge is 2.18. The molecule has 1 unspecified atom stereocenters. The fourth-order valence-corrected chi connectivity index (χ4v) is 2.51. The predicted octanol–water partition coefficient (Wildman–Crippen LogP) is 2.12. The molecule has 2 rings (SSSR count). The van der Waals surface area contributed by atoms with E-state index >= 15 is 0 Å². The maximum atomic E-state index is 11.4. The van der Waals surface area contributed by atoms with Gasteiger partial charge in [-0.05, 0) is 35.7 Å². The van der Waals surface area contributed by atoms with Gasteiger partial charge in [0.2, 0.25) is 0 Å². The molecule has 96 valence electrons. The Balaban J connectivity index is 2.18. The van der Waals surface area contributed by atoms with Crippen LogP contribution < -0.4 is 5.73 Å². The SMILES string of the molecule is COC(=O)c1ncn(C(C)Cc2ccsc2)c1N. The zero-order valence-electron chi connectivity index (χ0n) is 10.3. The summed E-state index contributed by atoms with van der Waals surface area (Å²) in [5.74, 6) is -0.154. The fraction of sp³-hybridized carbons (Fsp3) is 0.333. The van der Waals surface area contributed by atoms with Crippen LogP contribution in [0.5, 0.6) is 0 Å². The Hall–Kier alpha value is -1.82. The van der Waals surface area contributed by atoms with Crippen LogP contribution in [-0.2, 0) is 11.2 Å². The number of carbonyl (C=O) groups excluding carboxylic acids is 1. The minimum absolute atomic E-state index is 0.144. The number of esters is 1. The van der Waals surface area contributed by atoms with Gasteiger partial charge >= 0.3 is 5.97 Å². The van der Waals surface area contributed by atoms with E-state index in [4.69, 9.17) is 5.73 Å². The van der Waals surface area contributed by atoms with Gasteiger partial charge in [-0.1, -0.05) is 0 Å². The van der Waals surface area contributed by atoms with E-state index in [9.17, 15) is 4.79 Å². The molecule has 2 N–H and O–H groups in total. The van der Waals surface area contributed by atoms with E-state index in [0.29, 0.717) is 5.82 Å². The number of nitrogen functional groups attached to an aromatic ring is 1. The van der Waals surface area contributed by atoms with Crippen molar-refractivity contribution < 1.29 is 9.53 Å². The van der Waals surface area contributed by atoms with Crippen LogP contribution in [0, 0.1) is 0 Å². The van der Waals surface area contributed by atoms with E-state index in [2.05, 4.69) is 21.2 Å². The molecule has 6 heteroatoms. The molecule has 0 aromatic carbocycles. The number of thiophene rings is 1. The molecule has 5 nitrogen and oxygen atoms in total. The van der Waals surface area contributed by atoms with Crippen molar-refractivity contribution in [2.24, 2.45) is 0 Å². The maximum absolute atomic E-state index is 11.4. The summed E-state index contributed by atoms with van der Waals surface area (Å²) in [6, 6.07) is 2.22. The standard InChI is InChI=1S/C12H15N3O2S/c1-8(5-9-3-4-18-6-9)15-7-14-10(11(15)13)12(16)17-2/h3-4,6-8H,5,13H2,1-2H3. The van der Waals surface area contributed by atoms with Gasteiger partial charge in [0.1, 0.15) is 5.82 Å². The van der Waals surface area contributed by atoms with Gasteiger partial charge in [0.05, 0.1) is 13.4 Å². The molecule has 0 aliphatic heterocycles. The third kappa shape index (κ3) is 2.38. The number of nitrogens with zero attached hydrogens (tertiary/aromatic N) is 2. The fourth-order valence-electron chi connectivity index (χ4n) is 1.82. The minimum atomic E-state index is -0.506. The molecule has 0 amide bonds. The molecule has 2 aromatic rings. The molecule has 0 aliphatic rings. The van der Waals surface area contributed by atoms with Crippen molar-refractivity contribution >= 4 is 23.1 Å². The van der Waals surface area contributed by atoms with Crippen molar-refractivity contribution in [1.29, 1.82) is 0 Å². The highest BCUT2D eigenvalue weighted by Crippen LogP contribution is 2.21. The van der Waals surface area contributed by atoms with Gasteiger partial charge in [0, 0.05) is 6.04 Å². The first kappa shape index (κ1) is 12.6. The molecule has 0 spiro atoms. The average Bonchev–Trinajstić information content (AvgIpc) is 2.97. The van der Waals surface area contributed by atoms with E-state index in [0.717, 1.165) is 6.42 Å². The summed E-state index contributed by atoms with van der Waals surface area (Å²) in [5, 5.41) is 4.14. The van der Waals surface area contributed by atoms with Gasteiger partial charge < -0.3 is 15.0 Å². The second-order valence-corrected chi connectivity index (χ2v) is 4.84. The van der Waals surface area contributed by atoms with Crippen LogP contribution in [0.3, 0.4) is 0 Å². The number of hydrogen-bond donors (Lipinski definition) is 1. The van der Waals surface area contributed by atoms with Crippen LogP contribution in [-0.4, -0.2) is 22.6 Å². The molecule has 18 heavy (non-hydrogen) atoms. The predicted molar refractivity (Wildman–Crippen MR) is 70.7 cm³/mol. The lowest BCUT2D eigenvalue weighted by Crippen LogP contribution is -2.12. The van der Waals surface area contributed by atoms with Crippen molar-refractivity contribution in [3.8, 4) is 0 Å². The Morgan fingerprint density at radius 3 is 3.06 bits per heavy atom. The summed E-state index contributed by atoms with van der Waals surface area (Å²) in [4.78, 5) is 15.4. The number of ether oxygens (including phenoxy) is 1. The molecule has 2 aromatic heterocycles. The third-order valence-corrected chi connectivity index (χ3v) is 3.53. The lowest BCUT2D eigenvalue weighted by Gasteiger charge is -2.14. The van der Waals surface area contributed by atoms with E-state index in [1.54, 1.807) is 22.2 Å². The van der Waals surface area contributed by atoms with Crippen molar-refractivity contribution in [3.05, 3.63) is 34.4 Å². The zero-order chi connectivity index (χ0) is 13.1. The lowest BCUT2D eigenvalue weighted by atomic mass is 10.1. The number of rotatable bonds is 4. The molecular formula is C12H15N3O2S. The molecule has 0 saturated carbocycles. The summed E-state index contributed by atoms with van der Waals surface area (Å²) in [6.07, 6.45) is 2.43. The van der Waals surface area contributed by atoms with Gasteiger partial charge in [-0.15, -0.1) is 0 Å². The molecule has 0 fully saturated rings. The largest absolute Gasteiger partial charge is 0.464 e. The second-order valence-electron chi connectivity index (χ2n) is 4.06. The smallest absolute Gasteiger partial charge is 0.360 e. The van der Waals surface area contributed by atoms with Gasteiger partial charge in [0.25, 0.3) is 0 Å². The Labute approximate surface area is 109 Å². The van der Waals surface area contributed by atoms with Crippen molar-refractivity contribution in [1.82, 2.24) is 9.55 Å². The summed E-state index contributed by atoms with van der Waals surface area (Å²) in [6.45, 7) is 2.04. The topological polar surface area (TPSA) is 70.1 Å². The molecule has 0 saturated heterocycles. The number of hydrogen-bond acceptors (Lipinski definition) is 5. The highest BCUT2D eigenvalue weighted by molar-refractivity contribution is 7.07. The lowest BCUT2D eigenvalue weighted by molar-refractivity contribution is 0.0596. The van der Waals surface area contributed by atoms with Crippen molar-refractivity contribution in [2.75, 3.05) is 12.8 Å². The summed E-state index contributed by atoms with van der Waals surface area (Å²) in [7, 11) is 1.32. The number of aromatic nitrogens is 2. The van der Waals surface area contributed by atoms with Gasteiger partial charge in [0.15, 0.2) is 5.69 Å². The first-order valence-corrected chi connectivity index (χ1v) is 6.49. The van der Waals surface area contributed by atoms with Crippen LogP contribution in [0.25, 0.3) is 0 Å². The number of imidazole rings is 1. The van der Waals surface area contributed by atoms with Crippen LogP contribution >= 0.6 is 11.3 Å². The molecule has 0 radical (unpaired) electrons. The summed E-state index contributed by atoms with van der Waals surface area (Å²) >= 11 is 1.66. The maximum Gasteiger partial charge on any atom is 0.360 e. The highest BCUT2D eigenvalue weighted by atomic mass is 32.1. The second kappa shape index (κ2) is 5.22. The number of nitrogens with two attached hydrogens (primary N) is 1. The van der Waals surface area contributed by atoms with Gasteiger partial charge in [-0.25, -0.2) is 9.78 Å². The Morgan fingerprint density at radius 2 is 2.44 bits per heavy atom. The third-order valence-electron chi connectivity index (χ3n) is 2.80. The van der Waals surface area contributed by atoms with E-state index < -0.39 is 5.97 Å². The van der Waals surface area contributed by atoms with Gasteiger partial charge in [-0.2, -0.15) is 11.3 Å². The molecular weight excluding hydrogens is 250 g/mol. The first-order valence-electron chi connectivity index (χ1n) is 5.55.